The van der Waals surface area contributed by atoms with Gasteiger partial charge in [0.1, 0.15) is 5.41 Å². The quantitative estimate of drug-likeness (QED) is 0.757. The number of nitriles is 1. The first-order valence-corrected chi connectivity index (χ1v) is 6.78. The van der Waals surface area contributed by atoms with Crippen LogP contribution < -0.4 is 5.32 Å². The Morgan fingerprint density at radius 3 is 2.39 bits per heavy atom. The molecule has 0 aromatic heterocycles. The van der Waals surface area contributed by atoms with Gasteiger partial charge in [-0.25, -0.2) is 0 Å². The van der Waals surface area contributed by atoms with Crippen molar-refractivity contribution < 1.29 is 9.90 Å². The van der Waals surface area contributed by atoms with Gasteiger partial charge in [0, 0.05) is 12.0 Å². The summed E-state index contributed by atoms with van der Waals surface area (Å²) in [5.74, 6) is 0.290. The standard InChI is InChI=1S/C14H24N2O2/c1-4-13(5-2,10-17)9-16-12(18)14(8-15)6-11(3)7-14/h11,17H,4-7,9-10H2,1-3H3,(H,16,18). The van der Waals surface area contributed by atoms with Crippen molar-refractivity contribution in [2.75, 3.05) is 13.2 Å². The molecule has 102 valence electrons. The van der Waals surface area contributed by atoms with Crippen LogP contribution in [-0.2, 0) is 4.79 Å². The molecule has 0 radical (unpaired) electrons. The molecule has 0 heterocycles. The average Bonchev–Trinajstić information content (AvgIpc) is 2.36. The zero-order valence-corrected chi connectivity index (χ0v) is 11.6. The number of rotatable bonds is 6. The van der Waals surface area contributed by atoms with Gasteiger partial charge in [-0.15, -0.1) is 0 Å². The summed E-state index contributed by atoms with van der Waals surface area (Å²) in [5, 5.41) is 21.5. The van der Waals surface area contributed by atoms with E-state index in [-0.39, 0.29) is 17.9 Å². The van der Waals surface area contributed by atoms with Crippen LogP contribution in [-0.4, -0.2) is 24.2 Å². The highest BCUT2D eigenvalue weighted by Crippen LogP contribution is 2.45. The molecule has 0 aromatic carbocycles. The van der Waals surface area contributed by atoms with Crippen molar-refractivity contribution in [2.45, 2.75) is 46.5 Å². The normalized spacial score (nSPS) is 27.2. The second-order valence-electron chi connectivity index (χ2n) is 5.76. The minimum atomic E-state index is -0.817. The van der Waals surface area contributed by atoms with Crippen LogP contribution in [0.5, 0.6) is 0 Å². The third-order valence-electron chi connectivity index (χ3n) is 4.50. The molecule has 0 aromatic rings. The Labute approximate surface area is 109 Å². The highest BCUT2D eigenvalue weighted by molar-refractivity contribution is 5.86. The predicted octanol–water partition coefficient (Wildman–Crippen LogP) is 1.84. The summed E-state index contributed by atoms with van der Waals surface area (Å²) in [4.78, 5) is 12.1. The molecule has 0 atom stereocenters. The smallest absolute Gasteiger partial charge is 0.240 e. The Morgan fingerprint density at radius 2 is 2.06 bits per heavy atom. The SMILES string of the molecule is CCC(CC)(CO)CNC(=O)C1(C#N)CC(C)C1. The van der Waals surface area contributed by atoms with Gasteiger partial charge < -0.3 is 10.4 Å². The zero-order chi connectivity index (χ0) is 13.8. The van der Waals surface area contributed by atoms with Crippen molar-refractivity contribution in [1.29, 1.82) is 5.26 Å². The van der Waals surface area contributed by atoms with E-state index in [2.05, 4.69) is 18.3 Å². The third kappa shape index (κ3) is 2.67. The molecule has 4 heteroatoms. The van der Waals surface area contributed by atoms with Crippen molar-refractivity contribution in [2.24, 2.45) is 16.7 Å². The second-order valence-corrected chi connectivity index (χ2v) is 5.76. The number of aliphatic hydroxyl groups is 1. The maximum Gasteiger partial charge on any atom is 0.240 e. The highest BCUT2D eigenvalue weighted by atomic mass is 16.3. The summed E-state index contributed by atoms with van der Waals surface area (Å²) in [6.07, 6.45) is 2.94. The monoisotopic (exact) mass is 252 g/mol. The van der Waals surface area contributed by atoms with Gasteiger partial charge in [0.05, 0.1) is 12.7 Å². The molecule has 4 nitrogen and oxygen atoms in total. The second kappa shape index (κ2) is 5.71. The number of aliphatic hydroxyl groups excluding tert-OH is 1. The number of carbonyl (C=O) groups is 1. The van der Waals surface area contributed by atoms with E-state index in [1.165, 1.54) is 0 Å². The van der Waals surface area contributed by atoms with E-state index in [0.29, 0.717) is 25.3 Å². The lowest BCUT2D eigenvalue weighted by atomic mass is 9.63. The van der Waals surface area contributed by atoms with Crippen LogP contribution in [0.1, 0.15) is 46.5 Å². The summed E-state index contributed by atoms with van der Waals surface area (Å²) in [5.41, 5.74) is -1.07. The number of carbonyl (C=O) groups excluding carboxylic acids is 1. The van der Waals surface area contributed by atoms with Crippen LogP contribution >= 0.6 is 0 Å². The Bertz CT molecular complexity index is 328. The van der Waals surface area contributed by atoms with Gasteiger partial charge in [-0.3, -0.25) is 4.79 Å². The molecule has 1 amide bonds. The van der Waals surface area contributed by atoms with E-state index in [9.17, 15) is 9.90 Å². The first-order chi connectivity index (χ1) is 8.47. The van der Waals surface area contributed by atoms with Crippen molar-refractivity contribution >= 4 is 5.91 Å². The molecule has 1 aliphatic carbocycles. The fourth-order valence-electron chi connectivity index (χ4n) is 2.67. The fraction of sp³-hybridized carbons (Fsp3) is 0.857. The summed E-state index contributed by atoms with van der Waals surface area (Å²) in [6.45, 7) is 6.59. The van der Waals surface area contributed by atoms with Gasteiger partial charge in [0.15, 0.2) is 0 Å². The van der Waals surface area contributed by atoms with Crippen LogP contribution in [0.2, 0.25) is 0 Å². The molecule has 1 saturated carbocycles. The van der Waals surface area contributed by atoms with E-state index >= 15 is 0 Å². The number of amides is 1. The topological polar surface area (TPSA) is 73.1 Å². The maximum absolute atomic E-state index is 12.1. The first-order valence-electron chi connectivity index (χ1n) is 6.78. The number of hydrogen-bond acceptors (Lipinski definition) is 3. The van der Waals surface area contributed by atoms with Crippen molar-refractivity contribution in [1.82, 2.24) is 5.32 Å². The lowest BCUT2D eigenvalue weighted by molar-refractivity contribution is -0.134. The molecular weight excluding hydrogens is 228 g/mol. The number of hydrogen-bond donors (Lipinski definition) is 2. The summed E-state index contributed by atoms with van der Waals surface area (Å²) in [7, 11) is 0. The predicted molar refractivity (Wildman–Crippen MR) is 69.6 cm³/mol. The Morgan fingerprint density at radius 1 is 1.50 bits per heavy atom. The lowest BCUT2D eigenvalue weighted by Gasteiger charge is -2.40. The van der Waals surface area contributed by atoms with Crippen LogP contribution in [0.25, 0.3) is 0 Å². The molecule has 1 rings (SSSR count). The molecular formula is C14H24N2O2. The van der Waals surface area contributed by atoms with Gasteiger partial charge >= 0.3 is 0 Å². The summed E-state index contributed by atoms with van der Waals surface area (Å²) < 4.78 is 0. The van der Waals surface area contributed by atoms with Crippen molar-refractivity contribution in [3.8, 4) is 6.07 Å². The molecule has 0 spiro atoms. The molecule has 2 N–H and O–H groups in total. The molecule has 1 fully saturated rings. The summed E-state index contributed by atoms with van der Waals surface area (Å²) in [6, 6.07) is 2.16. The van der Waals surface area contributed by atoms with Crippen LogP contribution in [0.4, 0.5) is 0 Å². The Hall–Kier alpha value is -1.08. The Kier molecular flexibility index (Phi) is 4.75. The summed E-state index contributed by atoms with van der Waals surface area (Å²) >= 11 is 0. The minimum Gasteiger partial charge on any atom is -0.396 e. The van der Waals surface area contributed by atoms with Gasteiger partial charge in [-0.05, 0) is 31.6 Å². The van der Waals surface area contributed by atoms with E-state index in [4.69, 9.17) is 5.26 Å². The first kappa shape index (κ1) is 15.0. The van der Waals surface area contributed by atoms with Gasteiger partial charge in [-0.1, -0.05) is 20.8 Å². The van der Waals surface area contributed by atoms with Crippen molar-refractivity contribution in [3.05, 3.63) is 0 Å². The fourth-order valence-corrected chi connectivity index (χ4v) is 2.67. The third-order valence-corrected chi connectivity index (χ3v) is 4.50. The molecule has 0 saturated heterocycles. The van der Waals surface area contributed by atoms with Gasteiger partial charge in [-0.2, -0.15) is 5.26 Å². The van der Waals surface area contributed by atoms with Gasteiger partial charge in [0.25, 0.3) is 0 Å². The van der Waals surface area contributed by atoms with Crippen LogP contribution in [0.15, 0.2) is 0 Å². The zero-order valence-electron chi connectivity index (χ0n) is 11.6. The Balaban J connectivity index is 2.58. The van der Waals surface area contributed by atoms with Gasteiger partial charge in [0.2, 0.25) is 5.91 Å². The average molecular weight is 252 g/mol. The minimum absolute atomic E-state index is 0.0657. The van der Waals surface area contributed by atoms with E-state index in [0.717, 1.165) is 12.8 Å². The lowest BCUT2D eigenvalue weighted by Crippen LogP contribution is -2.51. The number of nitrogens with zero attached hydrogens (tertiary/aromatic N) is 1. The van der Waals surface area contributed by atoms with Crippen LogP contribution in [0, 0.1) is 28.1 Å². The molecule has 0 bridgehead atoms. The molecule has 1 aliphatic rings. The molecule has 18 heavy (non-hydrogen) atoms. The molecule has 0 aliphatic heterocycles. The van der Waals surface area contributed by atoms with Crippen molar-refractivity contribution in [3.63, 3.8) is 0 Å². The maximum atomic E-state index is 12.1. The van der Waals surface area contributed by atoms with Crippen LogP contribution in [0.3, 0.4) is 0 Å². The highest BCUT2D eigenvalue weighted by Gasteiger charge is 2.49. The van der Waals surface area contributed by atoms with E-state index in [1.807, 2.05) is 13.8 Å². The van der Waals surface area contributed by atoms with E-state index < -0.39 is 5.41 Å². The van der Waals surface area contributed by atoms with E-state index in [1.54, 1.807) is 0 Å². The number of nitrogens with one attached hydrogen (secondary N) is 1. The largest absolute Gasteiger partial charge is 0.396 e. The molecule has 0 unspecified atom stereocenters.